The van der Waals surface area contributed by atoms with E-state index in [4.69, 9.17) is 13.7 Å². The maximum atomic E-state index is 12.4. The summed E-state index contributed by atoms with van der Waals surface area (Å²) in [6, 6.07) is 5.59. The zero-order chi connectivity index (χ0) is 18.8. The van der Waals surface area contributed by atoms with E-state index in [0.717, 1.165) is 5.56 Å². The zero-order valence-electron chi connectivity index (χ0n) is 14.2. The Morgan fingerprint density at radius 3 is 1.75 bits per heavy atom. The molecular formula is C14H23O8PS. The van der Waals surface area contributed by atoms with Gasteiger partial charge in [0.1, 0.15) is 0 Å². The number of ether oxygens (including phenoxy) is 2. The predicted molar refractivity (Wildman–Crippen MR) is 86.7 cm³/mol. The molecule has 0 aliphatic carbocycles. The summed E-state index contributed by atoms with van der Waals surface area (Å²) in [6.45, 7) is 7.64. The van der Waals surface area contributed by atoms with Crippen molar-refractivity contribution in [1.82, 2.24) is 0 Å². The van der Waals surface area contributed by atoms with Crippen LogP contribution < -0.4 is 0 Å². The van der Waals surface area contributed by atoms with Crippen molar-refractivity contribution >= 4 is 17.7 Å². The summed E-state index contributed by atoms with van der Waals surface area (Å²) in [5, 5.41) is 0. The van der Waals surface area contributed by atoms with E-state index in [0.29, 0.717) is 0 Å². The Morgan fingerprint density at radius 1 is 1.00 bits per heavy atom. The Labute approximate surface area is 142 Å². The van der Waals surface area contributed by atoms with Crippen molar-refractivity contribution in [3.63, 3.8) is 0 Å². The van der Waals surface area contributed by atoms with E-state index in [1.807, 2.05) is 0 Å². The van der Waals surface area contributed by atoms with Crippen LogP contribution in [0.4, 0.5) is 0 Å². The average molecular weight is 382 g/mol. The van der Waals surface area contributed by atoms with Gasteiger partial charge in [0.2, 0.25) is 0 Å². The molecule has 0 heterocycles. The molecule has 0 aromatic heterocycles. The molecule has 0 aliphatic heterocycles. The van der Waals surface area contributed by atoms with Crippen LogP contribution in [0, 0.1) is 6.92 Å². The van der Waals surface area contributed by atoms with Gasteiger partial charge in [-0.2, -0.15) is 12.6 Å². The van der Waals surface area contributed by atoms with Gasteiger partial charge in [-0.25, -0.2) is 0 Å². The quantitative estimate of drug-likeness (QED) is 0.399. The molecule has 10 heteroatoms. The summed E-state index contributed by atoms with van der Waals surface area (Å²) >= 11 is 0. The molecular weight excluding hydrogens is 359 g/mol. The summed E-state index contributed by atoms with van der Waals surface area (Å²) in [7, 11) is -9.84. The van der Waals surface area contributed by atoms with Crippen LogP contribution in [0.5, 0.6) is 0 Å². The van der Waals surface area contributed by atoms with Crippen molar-refractivity contribution in [3.05, 3.63) is 29.8 Å². The summed E-state index contributed by atoms with van der Waals surface area (Å²) in [5.41, 5.74) is -2.24. The Morgan fingerprint density at radius 2 is 1.42 bits per heavy atom. The summed E-state index contributed by atoms with van der Waals surface area (Å²) in [4.78, 5) is 19.0. The Kier molecular flexibility index (Phi) is 6.74. The van der Waals surface area contributed by atoms with Crippen molar-refractivity contribution in [3.8, 4) is 0 Å². The first-order valence-corrected chi connectivity index (χ1v) is 10.2. The van der Waals surface area contributed by atoms with Crippen LogP contribution in [-0.4, -0.2) is 36.1 Å². The monoisotopic (exact) mass is 382 g/mol. The summed E-state index contributed by atoms with van der Waals surface area (Å²) in [5.74, 6) is 0. The molecule has 0 unspecified atom stereocenters. The highest BCUT2D eigenvalue weighted by molar-refractivity contribution is 7.87. The number of rotatable bonds is 8. The maximum Gasteiger partial charge on any atom is 0.416 e. The fourth-order valence-corrected chi connectivity index (χ4v) is 4.04. The molecule has 0 spiro atoms. The lowest BCUT2D eigenvalue weighted by atomic mass is 10.2. The first-order chi connectivity index (χ1) is 10.8. The second kappa shape index (κ2) is 7.61. The Hall–Kier alpha value is -0.800. The average Bonchev–Trinajstić information content (AvgIpc) is 2.35. The second-order valence-electron chi connectivity index (χ2n) is 5.75. The van der Waals surface area contributed by atoms with Crippen LogP contribution in [0.3, 0.4) is 0 Å². The third kappa shape index (κ3) is 5.35. The molecule has 1 rings (SSSR count). The minimum Gasteiger partial charge on any atom is -0.319 e. The number of hydrogen-bond acceptors (Lipinski definition) is 6. The molecule has 2 N–H and O–H groups in total. The molecule has 138 valence electrons. The molecule has 0 radical (unpaired) electrons. The number of hydrogen-bond donors (Lipinski definition) is 2. The van der Waals surface area contributed by atoms with Crippen LogP contribution >= 0.6 is 7.60 Å². The van der Waals surface area contributed by atoms with E-state index >= 15 is 0 Å². The van der Waals surface area contributed by atoms with Crippen molar-refractivity contribution in [2.45, 2.75) is 57.4 Å². The molecule has 1 aromatic rings. The molecule has 1 aromatic carbocycles. The van der Waals surface area contributed by atoms with Crippen molar-refractivity contribution in [1.29, 1.82) is 0 Å². The summed E-state index contributed by atoms with van der Waals surface area (Å²) < 4.78 is 51.8. The first kappa shape index (κ1) is 21.2. The van der Waals surface area contributed by atoms with Crippen molar-refractivity contribution in [2.75, 3.05) is 0 Å². The van der Waals surface area contributed by atoms with Crippen molar-refractivity contribution < 1.29 is 36.4 Å². The molecule has 0 saturated carbocycles. The van der Waals surface area contributed by atoms with Crippen LogP contribution in [0.1, 0.15) is 33.3 Å². The molecule has 0 saturated heterocycles. The smallest absolute Gasteiger partial charge is 0.319 e. The van der Waals surface area contributed by atoms with Gasteiger partial charge in [-0.05, 0) is 46.8 Å². The number of benzene rings is 1. The van der Waals surface area contributed by atoms with Gasteiger partial charge in [0, 0.05) is 0 Å². The molecule has 0 atom stereocenters. The van der Waals surface area contributed by atoms with E-state index in [-0.39, 0.29) is 4.90 Å². The van der Waals surface area contributed by atoms with Crippen LogP contribution in [0.15, 0.2) is 29.2 Å². The fraction of sp³-hybridized carbons (Fsp3) is 0.571. The maximum absolute atomic E-state index is 12.4. The molecule has 24 heavy (non-hydrogen) atoms. The lowest BCUT2D eigenvalue weighted by molar-refractivity contribution is -0.317. The third-order valence-corrected chi connectivity index (χ3v) is 5.08. The SMILES string of the molecule is Cc1ccc(S(=O)(=O)OC(OC(C)C)(OC(C)C)P(=O)(O)O)cc1. The molecule has 0 aliphatic rings. The Bertz CT molecular complexity index is 680. The van der Waals surface area contributed by atoms with Gasteiger partial charge >= 0.3 is 23.4 Å². The standard InChI is InChI=1S/C14H23O8PS/c1-10(2)20-14(21-11(3)4,23(15,16)17)22-24(18,19)13-8-6-12(5)7-9-13/h6-11H,1-5H3,(H2,15,16,17). The zero-order valence-corrected chi connectivity index (χ0v) is 15.9. The first-order valence-electron chi connectivity index (χ1n) is 7.22. The predicted octanol–water partition coefficient (Wildman–Crippen LogP) is 2.34. The van der Waals surface area contributed by atoms with Gasteiger partial charge < -0.3 is 19.3 Å². The van der Waals surface area contributed by atoms with Crippen LogP contribution in [-0.2, 0) is 28.3 Å². The minimum absolute atomic E-state index is 0.273. The normalized spacial score (nSPS) is 13.7. The van der Waals surface area contributed by atoms with Crippen LogP contribution in [0.2, 0.25) is 0 Å². The Balaban J connectivity index is 3.38. The lowest BCUT2D eigenvalue weighted by Crippen LogP contribution is -2.44. The minimum atomic E-state index is -5.29. The molecule has 0 amide bonds. The van der Waals surface area contributed by atoms with Crippen molar-refractivity contribution in [2.24, 2.45) is 0 Å². The molecule has 0 bridgehead atoms. The van der Waals surface area contributed by atoms with Gasteiger partial charge in [0.05, 0.1) is 17.1 Å². The number of aryl methyl sites for hydroxylation is 1. The van der Waals surface area contributed by atoms with E-state index < -0.39 is 35.6 Å². The van der Waals surface area contributed by atoms with E-state index in [1.165, 1.54) is 52.0 Å². The van der Waals surface area contributed by atoms with E-state index in [9.17, 15) is 22.8 Å². The highest BCUT2D eigenvalue weighted by Crippen LogP contribution is 2.55. The van der Waals surface area contributed by atoms with Gasteiger partial charge in [-0.1, -0.05) is 17.7 Å². The van der Waals surface area contributed by atoms with Gasteiger partial charge in [0.25, 0.3) is 0 Å². The van der Waals surface area contributed by atoms with Crippen LogP contribution in [0.25, 0.3) is 0 Å². The lowest BCUT2D eigenvalue weighted by Gasteiger charge is -2.34. The third-order valence-electron chi connectivity index (χ3n) is 2.65. The summed E-state index contributed by atoms with van der Waals surface area (Å²) in [6.07, 6.45) is -1.55. The van der Waals surface area contributed by atoms with E-state index in [1.54, 1.807) is 6.92 Å². The molecule has 8 nitrogen and oxygen atoms in total. The second-order valence-corrected chi connectivity index (χ2v) is 8.93. The van der Waals surface area contributed by atoms with Gasteiger partial charge in [-0.3, -0.25) is 4.57 Å². The van der Waals surface area contributed by atoms with Gasteiger partial charge in [0.15, 0.2) is 0 Å². The van der Waals surface area contributed by atoms with E-state index in [2.05, 4.69) is 0 Å². The van der Waals surface area contributed by atoms with Gasteiger partial charge in [-0.15, -0.1) is 0 Å². The highest BCUT2D eigenvalue weighted by atomic mass is 32.2. The largest absolute Gasteiger partial charge is 0.416 e. The molecule has 0 fully saturated rings. The highest BCUT2D eigenvalue weighted by Gasteiger charge is 2.57. The topological polar surface area (TPSA) is 119 Å². The fourth-order valence-electron chi connectivity index (χ4n) is 1.74.